The molecule has 2 aromatic rings. The van der Waals surface area contributed by atoms with E-state index in [1.54, 1.807) is 4.90 Å². The monoisotopic (exact) mass is 563 g/mol. The average Bonchev–Trinajstić information content (AvgIpc) is 3.36. The van der Waals surface area contributed by atoms with Crippen molar-refractivity contribution < 1.29 is 9.53 Å². The number of carbonyl (C=O) groups is 1. The van der Waals surface area contributed by atoms with Crippen LogP contribution in [0.15, 0.2) is 29.8 Å². The molecule has 3 aliphatic rings. The maximum absolute atomic E-state index is 12.7. The fraction of sp³-hybridized carbons (Fsp3) is 0.533. The summed E-state index contributed by atoms with van der Waals surface area (Å²) in [5.41, 5.74) is 5.88. The Morgan fingerprint density at radius 3 is 2.73 bits per heavy atom. The minimum Gasteiger partial charge on any atom is -0.462 e. The van der Waals surface area contributed by atoms with Crippen LogP contribution in [0, 0.1) is 20.4 Å². The second-order valence-electron chi connectivity index (χ2n) is 11.1. The van der Waals surface area contributed by atoms with Crippen molar-refractivity contribution in [1.29, 1.82) is 0 Å². The minimum atomic E-state index is -0.312. The van der Waals surface area contributed by atoms with Crippen molar-refractivity contribution in [2.45, 2.75) is 51.7 Å². The van der Waals surface area contributed by atoms with Crippen LogP contribution in [-0.2, 0) is 17.8 Å². The lowest BCUT2D eigenvalue weighted by Crippen LogP contribution is -2.57. The van der Waals surface area contributed by atoms with Crippen molar-refractivity contribution in [3.8, 4) is 6.01 Å². The highest BCUT2D eigenvalue weighted by molar-refractivity contribution is 6.41. The van der Waals surface area contributed by atoms with Gasteiger partial charge in [0.2, 0.25) is 6.54 Å². The number of piperazine rings is 1. The Morgan fingerprint density at radius 1 is 1.18 bits per heavy atom. The molecule has 2 fully saturated rings. The molecule has 1 aromatic carbocycles. The Balaban J connectivity index is 1.46. The van der Waals surface area contributed by atoms with E-state index >= 15 is 0 Å². The van der Waals surface area contributed by atoms with E-state index in [1.165, 1.54) is 23.2 Å². The molecule has 3 aliphatic heterocycles. The predicted octanol–water partition coefficient (Wildman–Crippen LogP) is 3.82. The van der Waals surface area contributed by atoms with Crippen molar-refractivity contribution in [3.05, 3.63) is 63.6 Å². The predicted molar refractivity (Wildman–Crippen MR) is 158 cm³/mol. The smallest absolute Gasteiger partial charge is 0.318 e. The molecule has 0 unspecified atom stereocenters. The molecular weight excluding hydrogens is 526 g/mol. The molecule has 10 heteroatoms. The highest BCUT2D eigenvalue weighted by Gasteiger charge is 2.36. The molecule has 0 N–H and O–H groups in total. The summed E-state index contributed by atoms with van der Waals surface area (Å²) in [5, 5.41) is -0.0260. The molecule has 5 rings (SSSR count). The molecule has 1 amide bonds. The third-order valence-electron chi connectivity index (χ3n) is 8.59. The summed E-state index contributed by atoms with van der Waals surface area (Å²) >= 11 is 5.96. The number of likely N-dealkylation sites (tertiary alicyclic amines) is 1. The summed E-state index contributed by atoms with van der Waals surface area (Å²) in [6, 6.07) is 6.89. The van der Waals surface area contributed by atoms with E-state index in [9.17, 15) is 4.79 Å². The number of likely N-dealkylation sites (N-methyl/N-ethyl adjacent to an activating group) is 1. The zero-order valence-electron chi connectivity index (χ0n) is 23.7. The number of anilines is 2. The number of aromatic nitrogens is 2. The van der Waals surface area contributed by atoms with E-state index in [1.807, 2.05) is 0 Å². The summed E-state index contributed by atoms with van der Waals surface area (Å²) in [7, 11) is 2.13. The van der Waals surface area contributed by atoms with Crippen LogP contribution in [0.2, 0.25) is 0 Å². The first kappa shape index (κ1) is 28.2. The van der Waals surface area contributed by atoms with Gasteiger partial charge in [-0.05, 0) is 63.9 Å². The Bertz CT molecular complexity index is 1330. The molecule has 0 bridgehead atoms. The van der Waals surface area contributed by atoms with Crippen molar-refractivity contribution in [3.63, 3.8) is 0 Å². The average molecular weight is 564 g/mol. The van der Waals surface area contributed by atoms with Gasteiger partial charge in [-0.15, -0.1) is 0 Å². The molecule has 4 heterocycles. The molecule has 1 aromatic heterocycles. The van der Waals surface area contributed by atoms with Crippen LogP contribution in [0.3, 0.4) is 0 Å². The Morgan fingerprint density at radius 2 is 2.00 bits per heavy atom. The fourth-order valence-electron chi connectivity index (χ4n) is 6.09. The van der Waals surface area contributed by atoms with Crippen LogP contribution in [0.4, 0.5) is 11.5 Å². The first-order valence-electron chi connectivity index (χ1n) is 14.0. The van der Waals surface area contributed by atoms with E-state index in [0.29, 0.717) is 44.8 Å². The van der Waals surface area contributed by atoms with Crippen LogP contribution in [-0.4, -0.2) is 90.7 Å². The van der Waals surface area contributed by atoms with Crippen LogP contribution in [0.25, 0.3) is 4.85 Å². The maximum atomic E-state index is 12.7. The van der Waals surface area contributed by atoms with Gasteiger partial charge in [0.1, 0.15) is 18.5 Å². The number of carbonyl (C=O) groups excluding carboxylic acids is 1. The Hall–Kier alpha value is -3.35. The van der Waals surface area contributed by atoms with E-state index in [-0.39, 0.29) is 23.5 Å². The number of hydrogen-bond acceptors (Lipinski definition) is 7. The molecular formula is C30H38ClN7O2. The van der Waals surface area contributed by atoms with E-state index in [2.05, 4.69) is 65.2 Å². The SMILES string of the molecule is [C-]#[N+]C[C@H]1CN(c2nc(OC[C@@H]3CCCN3C)nc3c2CCN(c2cccc(C)c2C)C3)CCN1C(=O)C(=C)Cl. The number of ether oxygens (including phenoxy) is 1. The van der Waals surface area contributed by atoms with Gasteiger partial charge in [-0.1, -0.05) is 30.3 Å². The van der Waals surface area contributed by atoms with Gasteiger partial charge < -0.3 is 29.2 Å². The number of rotatable bonds is 7. The maximum Gasteiger partial charge on any atom is 0.318 e. The largest absolute Gasteiger partial charge is 0.462 e. The van der Waals surface area contributed by atoms with Crippen molar-refractivity contribution >= 4 is 29.0 Å². The number of benzene rings is 1. The highest BCUT2D eigenvalue weighted by atomic mass is 35.5. The number of aryl methyl sites for hydroxylation is 1. The zero-order chi connectivity index (χ0) is 28.4. The van der Waals surface area contributed by atoms with Gasteiger partial charge in [0, 0.05) is 43.5 Å². The topological polar surface area (TPSA) is 69.4 Å². The summed E-state index contributed by atoms with van der Waals surface area (Å²) in [6.45, 7) is 20.3. The summed E-state index contributed by atoms with van der Waals surface area (Å²) < 4.78 is 6.26. The van der Waals surface area contributed by atoms with Crippen LogP contribution < -0.4 is 14.5 Å². The van der Waals surface area contributed by atoms with Crippen molar-refractivity contribution in [2.75, 3.05) is 62.7 Å². The molecule has 0 saturated carbocycles. The molecule has 0 aliphatic carbocycles. The van der Waals surface area contributed by atoms with E-state index in [0.717, 1.165) is 43.0 Å². The summed E-state index contributed by atoms with van der Waals surface area (Å²) in [6.07, 6.45) is 3.08. The summed E-state index contributed by atoms with van der Waals surface area (Å²) in [4.78, 5) is 34.8. The van der Waals surface area contributed by atoms with Crippen molar-refractivity contribution in [2.24, 2.45) is 0 Å². The second-order valence-corrected chi connectivity index (χ2v) is 11.5. The second kappa shape index (κ2) is 12.0. The lowest BCUT2D eigenvalue weighted by molar-refractivity contribution is -0.128. The lowest BCUT2D eigenvalue weighted by Gasteiger charge is -2.41. The van der Waals surface area contributed by atoms with Gasteiger partial charge in [-0.2, -0.15) is 9.97 Å². The number of hydrogen-bond donors (Lipinski definition) is 0. The number of halogens is 1. The molecule has 0 spiro atoms. The van der Waals surface area contributed by atoms with Gasteiger partial charge in [-0.3, -0.25) is 4.79 Å². The van der Waals surface area contributed by atoms with E-state index in [4.69, 9.17) is 32.9 Å². The van der Waals surface area contributed by atoms with Gasteiger partial charge in [-0.25, -0.2) is 6.57 Å². The standard InChI is InChI=1S/C30H38ClN7O2/c1-20-8-6-10-27(21(20)2)36-13-11-25-26(18-36)33-30(40-19-23-9-7-12-35(23)5)34-28(25)37-14-15-38(29(39)22(3)31)24(17-37)16-32-4/h6,8,10,23-24H,3,7,9,11-19H2,1-2,5H3/t23-,24-/m0/s1. The third kappa shape index (κ3) is 5.74. The lowest BCUT2D eigenvalue weighted by atomic mass is 10.0. The van der Waals surface area contributed by atoms with Crippen molar-refractivity contribution in [1.82, 2.24) is 19.8 Å². The van der Waals surface area contributed by atoms with Gasteiger partial charge in [0.05, 0.1) is 17.3 Å². The van der Waals surface area contributed by atoms with E-state index < -0.39 is 0 Å². The highest BCUT2D eigenvalue weighted by Crippen LogP contribution is 2.34. The normalized spacial score (nSPS) is 21.2. The first-order valence-corrected chi connectivity index (χ1v) is 14.4. The number of fused-ring (bicyclic) bond motifs is 1. The van der Waals surface area contributed by atoms with Crippen LogP contribution in [0.1, 0.15) is 35.2 Å². The summed E-state index contributed by atoms with van der Waals surface area (Å²) in [5.74, 6) is 0.542. The molecule has 9 nitrogen and oxygen atoms in total. The third-order valence-corrected chi connectivity index (χ3v) is 8.75. The van der Waals surface area contributed by atoms with Gasteiger partial charge >= 0.3 is 6.01 Å². The molecule has 2 saturated heterocycles. The first-order chi connectivity index (χ1) is 19.3. The van der Waals surface area contributed by atoms with Gasteiger partial charge in [0.15, 0.2) is 0 Å². The quantitative estimate of drug-likeness (QED) is 0.375. The fourth-order valence-corrected chi connectivity index (χ4v) is 6.20. The zero-order valence-corrected chi connectivity index (χ0v) is 24.5. The number of nitrogens with zero attached hydrogens (tertiary/aromatic N) is 7. The van der Waals surface area contributed by atoms with Crippen LogP contribution >= 0.6 is 11.6 Å². The molecule has 0 radical (unpaired) electrons. The molecule has 212 valence electrons. The minimum absolute atomic E-state index is 0.0260. The Kier molecular flexibility index (Phi) is 8.48. The molecule has 40 heavy (non-hydrogen) atoms. The Labute approximate surface area is 242 Å². The van der Waals surface area contributed by atoms with Gasteiger partial charge in [0.25, 0.3) is 5.91 Å². The molecule has 2 atom stereocenters. The van der Waals surface area contributed by atoms with Crippen LogP contribution in [0.5, 0.6) is 6.01 Å². The number of amides is 1.